The molecule has 0 spiro atoms. The van der Waals surface area contributed by atoms with Crippen molar-refractivity contribution < 1.29 is 19.4 Å². The average Bonchev–Trinajstić information content (AvgIpc) is 1.98. The average molecular weight is 188 g/mol. The van der Waals surface area contributed by atoms with E-state index in [1.807, 2.05) is 6.92 Å². The summed E-state index contributed by atoms with van der Waals surface area (Å²) >= 11 is 0. The van der Waals surface area contributed by atoms with Crippen LogP contribution in [0.15, 0.2) is 0 Å². The van der Waals surface area contributed by atoms with E-state index < -0.39 is 12.1 Å². The third-order valence-corrected chi connectivity index (χ3v) is 1.39. The predicted molar refractivity (Wildman–Crippen MR) is 47.2 cm³/mol. The largest absolute Gasteiger partial charge is 0.466 e. The van der Waals surface area contributed by atoms with Crippen LogP contribution < -0.4 is 0 Å². The summed E-state index contributed by atoms with van der Waals surface area (Å²) in [5.74, 6) is -0.577. The highest BCUT2D eigenvalue weighted by Gasteiger charge is 2.13. The monoisotopic (exact) mass is 188 g/mol. The van der Waals surface area contributed by atoms with E-state index in [0.29, 0.717) is 6.61 Å². The molecule has 0 heterocycles. The van der Waals surface area contributed by atoms with E-state index in [2.05, 4.69) is 0 Å². The van der Waals surface area contributed by atoms with Crippen molar-refractivity contribution in [3.8, 4) is 0 Å². The van der Waals surface area contributed by atoms with Gasteiger partial charge in [-0.15, -0.1) is 0 Å². The topological polar surface area (TPSA) is 63.6 Å². The summed E-state index contributed by atoms with van der Waals surface area (Å²) < 4.78 is 4.73. The van der Waals surface area contributed by atoms with E-state index in [0.717, 1.165) is 6.42 Å². The third kappa shape index (κ3) is 7.46. The van der Waals surface area contributed by atoms with Gasteiger partial charge in [-0.05, 0) is 13.3 Å². The molecule has 0 aliphatic carbocycles. The van der Waals surface area contributed by atoms with Crippen LogP contribution in [-0.4, -0.2) is 29.6 Å². The van der Waals surface area contributed by atoms with Crippen LogP contribution in [0.1, 0.15) is 33.1 Å². The zero-order valence-corrected chi connectivity index (χ0v) is 8.08. The molecule has 0 aromatic rings. The third-order valence-electron chi connectivity index (χ3n) is 1.39. The molecule has 1 N–H and O–H groups in total. The highest BCUT2D eigenvalue weighted by atomic mass is 16.5. The Bertz CT molecular complexity index is 176. The van der Waals surface area contributed by atoms with Crippen molar-refractivity contribution in [3.05, 3.63) is 0 Å². The highest BCUT2D eigenvalue weighted by Crippen LogP contribution is 2.00. The molecule has 76 valence electrons. The molecule has 1 atom stereocenters. The fraction of sp³-hybridized carbons (Fsp3) is 0.778. The smallest absolute Gasteiger partial charge is 0.308 e. The number of esters is 1. The Morgan fingerprint density at radius 2 is 2.00 bits per heavy atom. The zero-order chi connectivity index (χ0) is 10.3. The van der Waals surface area contributed by atoms with Gasteiger partial charge in [0.25, 0.3) is 0 Å². The maximum absolute atomic E-state index is 10.9. The van der Waals surface area contributed by atoms with Crippen molar-refractivity contribution in [2.24, 2.45) is 0 Å². The number of carbonyl (C=O) groups excluding carboxylic acids is 2. The molecule has 4 nitrogen and oxygen atoms in total. The van der Waals surface area contributed by atoms with Gasteiger partial charge in [0.2, 0.25) is 0 Å². The minimum Gasteiger partial charge on any atom is -0.466 e. The molecule has 0 radical (unpaired) electrons. The van der Waals surface area contributed by atoms with Crippen LogP contribution in [0.5, 0.6) is 0 Å². The van der Waals surface area contributed by atoms with Gasteiger partial charge in [-0.25, -0.2) is 0 Å². The molecule has 13 heavy (non-hydrogen) atoms. The van der Waals surface area contributed by atoms with Gasteiger partial charge in [-0.1, -0.05) is 6.92 Å². The lowest BCUT2D eigenvalue weighted by atomic mass is 10.1. The maximum atomic E-state index is 10.9. The molecule has 0 aromatic carbocycles. The first-order valence-corrected chi connectivity index (χ1v) is 4.39. The lowest BCUT2D eigenvalue weighted by Crippen LogP contribution is -2.18. The van der Waals surface area contributed by atoms with Gasteiger partial charge in [0.1, 0.15) is 5.78 Å². The van der Waals surface area contributed by atoms with Crippen LogP contribution in [0.3, 0.4) is 0 Å². The van der Waals surface area contributed by atoms with E-state index in [1.54, 1.807) is 0 Å². The van der Waals surface area contributed by atoms with Crippen LogP contribution in [-0.2, 0) is 14.3 Å². The molecule has 0 fully saturated rings. The molecule has 0 aliphatic heterocycles. The minimum atomic E-state index is -0.901. The van der Waals surface area contributed by atoms with Crippen LogP contribution in [0.25, 0.3) is 0 Å². The molecule has 0 aromatic heterocycles. The second-order valence-corrected chi connectivity index (χ2v) is 2.98. The van der Waals surface area contributed by atoms with Crippen LogP contribution in [0.4, 0.5) is 0 Å². The van der Waals surface area contributed by atoms with Crippen molar-refractivity contribution in [1.29, 1.82) is 0 Å². The summed E-state index contributed by atoms with van der Waals surface area (Å²) in [6.07, 6.45) is -0.225. The number of rotatable bonds is 6. The van der Waals surface area contributed by atoms with Crippen LogP contribution >= 0.6 is 0 Å². The van der Waals surface area contributed by atoms with E-state index >= 15 is 0 Å². The number of aliphatic hydroxyl groups excluding tert-OH is 1. The predicted octanol–water partition coefficient (Wildman–Crippen LogP) is 0.670. The number of Topliss-reactive ketones (excluding diaryl/α,β-unsaturated/α-hetero) is 1. The van der Waals surface area contributed by atoms with Gasteiger partial charge < -0.3 is 9.84 Å². The number of carbonyl (C=O) groups is 2. The van der Waals surface area contributed by atoms with Gasteiger partial charge in [0.15, 0.2) is 0 Å². The first kappa shape index (κ1) is 12.1. The Hall–Kier alpha value is -0.900. The quantitative estimate of drug-likeness (QED) is 0.622. The van der Waals surface area contributed by atoms with Crippen molar-refractivity contribution in [1.82, 2.24) is 0 Å². The Kier molecular flexibility index (Phi) is 6.14. The Morgan fingerprint density at radius 1 is 1.38 bits per heavy atom. The van der Waals surface area contributed by atoms with Crippen molar-refractivity contribution in [2.75, 3.05) is 6.61 Å². The highest BCUT2D eigenvalue weighted by molar-refractivity contribution is 5.77. The molecule has 0 saturated heterocycles. The first-order chi connectivity index (χ1) is 6.06. The number of aliphatic hydroxyl groups is 1. The van der Waals surface area contributed by atoms with E-state index in [1.165, 1.54) is 6.92 Å². The van der Waals surface area contributed by atoms with E-state index in [9.17, 15) is 9.59 Å². The lowest BCUT2D eigenvalue weighted by Gasteiger charge is -2.07. The molecule has 0 aliphatic rings. The summed E-state index contributed by atoms with van der Waals surface area (Å²) in [6, 6.07) is 0. The summed E-state index contributed by atoms with van der Waals surface area (Å²) in [5.41, 5.74) is 0. The minimum absolute atomic E-state index is 0.0151. The Balaban J connectivity index is 3.59. The summed E-state index contributed by atoms with van der Waals surface area (Å²) in [4.78, 5) is 21.4. The number of hydrogen-bond acceptors (Lipinski definition) is 4. The summed E-state index contributed by atoms with van der Waals surface area (Å²) in [6.45, 7) is 3.63. The van der Waals surface area contributed by atoms with Crippen LogP contribution in [0.2, 0.25) is 0 Å². The Morgan fingerprint density at radius 3 is 2.46 bits per heavy atom. The van der Waals surface area contributed by atoms with Crippen molar-refractivity contribution in [3.63, 3.8) is 0 Å². The summed E-state index contributed by atoms with van der Waals surface area (Å²) in [7, 11) is 0. The standard InChI is InChI=1S/C9H16O4/c1-3-4-13-9(12)6-8(11)5-7(2)10/h8,11H,3-6H2,1-2H3. The molecule has 0 saturated carbocycles. The number of hydrogen-bond donors (Lipinski definition) is 1. The van der Waals surface area contributed by atoms with E-state index in [-0.39, 0.29) is 18.6 Å². The molecular formula is C9H16O4. The molecular weight excluding hydrogens is 172 g/mol. The lowest BCUT2D eigenvalue weighted by molar-refractivity contribution is -0.146. The molecule has 1 unspecified atom stereocenters. The first-order valence-electron chi connectivity index (χ1n) is 4.39. The molecule has 4 heteroatoms. The van der Waals surface area contributed by atoms with Gasteiger partial charge in [-0.2, -0.15) is 0 Å². The number of ketones is 1. The maximum Gasteiger partial charge on any atom is 0.308 e. The molecule has 0 bridgehead atoms. The SMILES string of the molecule is CCCOC(=O)CC(O)CC(C)=O. The van der Waals surface area contributed by atoms with Crippen molar-refractivity contribution in [2.45, 2.75) is 39.2 Å². The van der Waals surface area contributed by atoms with Gasteiger partial charge >= 0.3 is 5.97 Å². The Labute approximate surface area is 77.9 Å². The van der Waals surface area contributed by atoms with Gasteiger partial charge in [-0.3, -0.25) is 9.59 Å². The fourth-order valence-corrected chi connectivity index (χ4v) is 0.871. The fourth-order valence-electron chi connectivity index (χ4n) is 0.871. The second kappa shape index (κ2) is 6.60. The van der Waals surface area contributed by atoms with Crippen LogP contribution in [0, 0.1) is 0 Å². The van der Waals surface area contributed by atoms with Crippen molar-refractivity contribution >= 4 is 11.8 Å². The van der Waals surface area contributed by atoms with Gasteiger partial charge in [0.05, 0.1) is 19.1 Å². The normalized spacial score (nSPS) is 12.2. The van der Waals surface area contributed by atoms with Gasteiger partial charge in [0, 0.05) is 6.42 Å². The van der Waals surface area contributed by atoms with E-state index in [4.69, 9.17) is 9.84 Å². The second-order valence-electron chi connectivity index (χ2n) is 2.98. The summed E-state index contributed by atoms with van der Waals surface area (Å²) in [5, 5.41) is 9.17. The number of ether oxygens (including phenoxy) is 1. The molecule has 0 amide bonds. The molecule has 0 rings (SSSR count). The zero-order valence-electron chi connectivity index (χ0n) is 8.08.